The molecule has 1 amide bonds. The van der Waals surface area contributed by atoms with Crippen molar-refractivity contribution in [3.63, 3.8) is 0 Å². The number of rotatable bonds is 2. The van der Waals surface area contributed by atoms with E-state index in [0.717, 1.165) is 29.1 Å². The second kappa shape index (κ2) is 4.89. The molecule has 0 aromatic heterocycles. The molecular weight excluding hydrogens is 310 g/mol. The number of hydrogen-bond acceptors (Lipinski definition) is 2. The Hall–Kier alpha value is -1.22. The van der Waals surface area contributed by atoms with Crippen molar-refractivity contribution < 1.29 is 9.53 Å². The average molecular weight is 332 g/mol. The molecule has 0 radical (unpaired) electrons. The number of benzene rings is 1. The zero-order chi connectivity index (χ0) is 15.6. The van der Waals surface area contributed by atoms with Crippen LogP contribution in [0, 0.1) is 17.8 Å². The highest BCUT2D eigenvalue weighted by atomic mass is 35.5. The third-order valence-corrected chi connectivity index (χ3v) is 6.65. The van der Waals surface area contributed by atoms with Crippen molar-refractivity contribution in [2.24, 2.45) is 17.8 Å². The summed E-state index contributed by atoms with van der Waals surface area (Å²) in [6, 6.07) is 5.60. The molecule has 1 aliphatic heterocycles. The van der Waals surface area contributed by atoms with Gasteiger partial charge >= 0.3 is 0 Å². The van der Waals surface area contributed by atoms with Crippen LogP contribution in [-0.2, 0) is 11.2 Å². The SMILES string of the molecule is O=C(NC12CC3CC(CC(C3)C1)C2)C1Cc2cc(Cl)ccc2O1. The van der Waals surface area contributed by atoms with Gasteiger partial charge in [0, 0.05) is 17.0 Å². The smallest absolute Gasteiger partial charge is 0.261 e. The van der Waals surface area contributed by atoms with Crippen LogP contribution >= 0.6 is 11.6 Å². The fourth-order valence-electron chi connectivity index (χ4n) is 5.97. The molecule has 122 valence electrons. The number of ether oxygens (including phenoxy) is 1. The van der Waals surface area contributed by atoms with Crippen LogP contribution in [0.4, 0.5) is 0 Å². The zero-order valence-corrected chi connectivity index (χ0v) is 13.9. The maximum Gasteiger partial charge on any atom is 0.261 e. The summed E-state index contributed by atoms with van der Waals surface area (Å²) in [6.07, 6.45) is 7.93. The Balaban J connectivity index is 1.31. The van der Waals surface area contributed by atoms with Crippen LogP contribution in [0.3, 0.4) is 0 Å². The highest BCUT2D eigenvalue weighted by Gasteiger charge is 2.52. The summed E-state index contributed by atoms with van der Waals surface area (Å²) in [4.78, 5) is 12.8. The van der Waals surface area contributed by atoms with Crippen LogP contribution in [0.1, 0.15) is 44.1 Å². The molecular formula is C19H22ClNO2. The molecule has 1 aromatic carbocycles. The molecule has 1 N–H and O–H groups in total. The van der Waals surface area contributed by atoms with Crippen molar-refractivity contribution in [1.29, 1.82) is 0 Å². The summed E-state index contributed by atoms with van der Waals surface area (Å²) in [5, 5.41) is 4.12. The molecule has 1 unspecified atom stereocenters. The minimum absolute atomic E-state index is 0.0572. The molecule has 4 heteroatoms. The second-order valence-corrected chi connectivity index (χ2v) is 8.69. The Morgan fingerprint density at radius 3 is 2.43 bits per heavy atom. The first kappa shape index (κ1) is 14.2. The van der Waals surface area contributed by atoms with Crippen LogP contribution in [0.5, 0.6) is 5.75 Å². The van der Waals surface area contributed by atoms with Crippen molar-refractivity contribution in [3.8, 4) is 5.75 Å². The molecule has 0 saturated heterocycles. The topological polar surface area (TPSA) is 38.3 Å². The summed E-state index contributed by atoms with van der Waals surface area (Å²) in [7, 11) is 0. The summed E-state index contributed by atoms with van der Waals surface area (Å²) in [6.45, 7) is 0. The van der Waals surface area contributed by atoms with Crippen LogP contribution in [0.15, 0.2) is 18.2 Å². The van der Waals surface area contributed by atoms with Gasteiger partial charge < -0.3 is 10.1 Å². The predicted molar refractivity (Wildman–Crippen MR) is 88.6 cm³/mol. The summed E-state index contributed by atoms with van der Waals surface area (Å²) in [5.41, 5.74) is 1.10. The van der Waals surface area contributed by atoms with Gasteiger partial charge in [-0.1, -0.05) is 11.6 Å². The van der Waals surface area contributed by atoms with Crippen molar-refractivity contribution in [2.75, 3.05) is 0 Å². The van der Waals surface area contributed by atoms with E-state index in [-0.39, 0.29) is 11.4 Å². The quantitative estimate of drug-likeness (QED) is 0.896. The Morgan fingerprint density at radius 1 is 1.13 bits per heavy atom. The van der Waals surface area contributed by atoms with E-state index in [1.54, 1.807) is 0 Å². The lowest BCUT2D eigenvalue weighted by Crippen LogP contribution is -2.61. The van der Waals surface area contributed by atoms with E-state index in [9.17, 15) is 4.79 Å². The average Bonchev–Trinajstić information content (AvgIpc) is 2.88. The molecule has 4 saturated carbocycles. The number of carbonyl (C=O) groups is 1. The predicted octanol–water partition coefficient (Wildman–Crippen LogP) is 3.73. The molecule has 6 rings (SSSR count). The van der Waals surface area contributed by atoms with Crippen molar-refractivity contribution in [1.82, 2.24) is 5.32 Å². The Morgan fingerprint density at radius 2 is 1.78 bits per heavy atom. The Bertz CT molecular complexity index is 636. The first-order valence-electron chi connectivity index (χ1n) is 8.86. The van der Waals surface area contributed by atoms with Gasteiger partial charge in [0.2, 0.25) is 0 Å². The number of carbonyl (C=O) groups excluding carboxylic acids is 1. The molecule has 1 heterocycles. The molecule has 3 nitrogen and oxygen atoms in total. The van der Waals surface area contributed by atoms with Gasteiger partial charge in [0.1, 0.15) is 5.75 Å². The van der Waals surface area contributed by atoms with E-state index >= 15 is 0 Å². The monoisotopic (exact) mass is 331 g/mol. The normalized spacial score (nSPS) is 39.9. The van der Waals surface area contributed by atoms with Crippen LogP contribution in [0.2, 0.25) is 5.02 Å². The van der Waals surface area contributed by atoms with Gasteiger partial charge in [-0.15, -0.1) is 0 Å². The second-order valence-electron chi connectivity index (χ2n) is 8.25. The number of fused-ring (bicyclic) bond motifs is 1. The van der Waals surface area contributed by atoms with E-state index in [0.29, 0.717) is 11.4 Å². The minimum atomic E-state index is -0.392. The van der Waals surface area contributed by atoms with Gasteiger partial charge in [0.15, 0.2) is 6.10 Å². The molecule has 1 atom stereocenters. The van der Waals surface area contributed by atoms with Gasteiger partial charge in [0.05, 0.1) is 0 Å². The summed E-state index contributed by atoms with van der Waals surface area (Å²) >= 11 is 6.04. The molecule has 4 bridgehead atoms. The van der Waals surface area contributed by atoms with Gasteiger partial charge in [-0.25, -0.2) is 0 Å². The number of amides is 1. The fourth-order valence-corrected chi connectivity index (χ4v) is 6.16. The zero-order valence-electron chi connectivity index (χ0n) is 13.2. The third-order valence-electron chi connectivity index (χ3n) is 6.42. The Labute approximate surface area is 141 Å². The number of hydrogen-bond donors (Lipinski definition) is 1. The fraction of sp³-hybridized carbons (Fsp3) is 0.632. The minimum Gasteiger partial charge on any atom is -0.480 e. The van der Waals surface area contributed by atoms with Crippen molar-refractivity contribution in [3.05, 3.63) is 28.8 Å². The van der Waals surface area contributed by atoms with Crippen molar-refractivity contribution >= 4 is 17.5 Å². The van der Waals surface area contributed by atoms with Crippen LogP contribution in [0.25, 0.3) is 0 Å². The Kier molecular flexibility index (Phi) is 3.01. The van der Waals surface area contributed by atoms with Gasteiger partial charge in [-0.2, -0.15) is 0 Å². The molecule has 1 aromatic rings. The van der Waals surface area contributed by atoms with Crippen molar-refractivity contribution in [2.45, 2.75) is 56.6 Å². The number of nitrogens with one attached hydrogen (secondary N) is 1. The maximum absolute atomic E-state index is 12.8. The molecule has 4 fully saturated rings. The third kappa shape index (κ3) is 2.36. The molecule has 5 aliphatic rings. The van der Waals surface area contributed by atoms with E-state index in [4.69, 9.17) is 16.3 Å². The maximum atomic E-state index is 12.8. The van der Waals surface area contributed by atoms with Gasteiger partial charge in [-0.05, 0) is 80.0 Å². The van der Waals surface area contributed by atoms with Gasteiger partial charge in [-0.3, -0.25) is 4.79 Å². The van der Waals surface area contributed by atoms with Crippen LogP contribution in [-0.4, -0.2) is 17.6 Å². The molecule has 4 aliphatic carbocycles. The van der Waals surface area contributed by atoms with E-state index in [2.05, 4.69) is 5.32 Å². The largest absolute Gasteiger partial charge is 0.480 e. The molecule has 0 spiro atoms. The summed E-state index contributed by atoms with van der Waals surface area (Å²) < 4.78 is 5.87. The van der Waals surface area contributed by atoms with E-state index in [1.165, 1.54) is 38.5 Å². The molecule has 23 heavy (non-hydrogen) atoms. The highest BCUT2D eigenvalue weighted by molar-refractivity contribution is 6.30. The number of halogens is 1. The lowest BCUT2D eigenvalue weighted by molar-refractivity contribution is -0.133. The van der Waals surface area contributed by atoms with E-state index < -0.39 is 6.10 Å². The first-order chi connectivity index (χ1) is 11.1. The first-order valence-corrected chi connectivity index (χ1v) is 9.23. The van der Waals surface area contributed by atoms with E-state index in [1.807, 2.05) is 18.2 Å². The standard InChI is InChI=1S/C19H22ClNO2/c20-15-1-2-16-14(6-15)7-17(23-16)18(22)21-19-8-11-3-12(9-19)5-13(4-11)10-19/h1-2,6,11-13,17H,3-5,7-10H2,(H,21,22). The van der Waals surface area contributed by atoms with Gasteiger partial charge in [0.25, 0.3) is 5.91 Å². The lowest BCUT2D eigenvalue weighted by Gasteiger charge is -2.57. The summed E-state index contributed by atoms with van der Waals surface area (Å²) in [5.74, 6) is 3.38. The lowest BCUT2D eigenvalue weighted by atomic mass is 9.53. The highest BCUT2D eigenvalue weighted by Crippen LogP contribution is 2.55. The van der Waals surface area contributed by atoms with Crippen LogP contribution < -0.4 is 10.1 Å².